The quantitative estimate of drug-likeness (QED) is 0.161. The second kappa shape index (κ2) is 12.2. The number of unbranched alkanes of at least 4 members (excludes halogenated alkanes) is 9. The molecule has 0 bridgehead atoms. The van der Waals surface area contributed by atoms with E-state index < -0.39 is 4.92 Å². The molecule has 0 aliphatic heterocycles. The predicted molar refractivity (Wildman–Crippen MR) is 125 cm³/mol. The van der Waals surface area contributed by atoms with Crippen LogP contribution in [0.1, 0.15) is 95.2 Å². The highest BCUT2D eigenvalue weighted by atomic mass is 16.6. The molecule has 0 radical (unpaired) electrons. The van der Waals surface area contributed by atoms with E-state index in [4.69, 9.17) is 4.74 Å². The maximum absolute atomic E-state index is 10.9. The van der Waals surface area contributed by atoms with Crippen LogP contribution in [0.4, 0.5) is 5.69 Å². The number of nitrogens with one attached hydrogen (secondary N) is 1. The molecule has 1 N–H and O–H groups in total. The minimum absolute atomic E-state index is 0.0495. The van der Waals surface area contributed by atoms with Crippen LogP contribution in [0, 0.1) is 17.0 Å². The van der Waals surface area contributed by atoms with E-state index in [0.29, 0.717) is 5.75 Å². The Labute approximate surface area is 189 Å². The molecule has 0 spiro atoms. The Morgan fingerprint density at radius 1 is 1.03 bits per heavy atom. The van der Waals surface area contributed by atoms with Gasteiger partial charge >= 0.3 is 0 Å². The molecule has 1 aromatic carbocycles. The van der Waals surface area contributed by atoms with Gasteiger partial charge in [0.05, 0.1) is 10.6 Å². The van der Waals surface area contributed by atoms with Crippen molar-refractivity contribution in [1.29, 1.82) is 0 Å². The number of aromatic amines is 1. The molecule has 8 heteroatoms. The van der Waals surface area contributed by atoms with Gasteiger partial charge in [0.2, 0.25) is 0 Å². The van der Waals surface area contributed by atoms with Gasteiger partial charge in [-0.05, 0) is 31.9 Å². The lowest BCUT2D eigenvalue weighted by Gasteiger charge is -2.17. The van der Waals surface area contributed by atoms with Gasteiger partial charge in [-0.25, -0.2) is 0 Å². The number of hydrogen-bond donors (Lipinski definition) is 1. The van der Waals surface area contributed by atoms with E-state index in [2.05, 4.69) is 22.2 Å². The van der Waals surface area contributed by atoms with E-state index in [1.807, 2.05) is 13.0 Å². The van der Waals surface area contributed by atoms with Crippen molar-refractivity contribution >= 4 is 11.3 Å². The van der Waals surface area contributed by atoms with Crippen molar-refractivity contribution in [2.75, 3.05) is 0 Å². The third kappa shape index (κ3) is 6.80. The van der Waals surface area contributed by atoms with Gasteiger partial charge in [0.15, 0.2) is 17.6 Å². The molecule has 2 heterocycles. The molecule has 1 unspecified atom stereocenters. The summed E-state index contributed by atoms with van der Waals surface area (Å²) in [6.07, 6.45) is 13.3. The predicted octanol–water partition coefficient (Wildman–Crippen LogP) is 6.71. The van der Waals surface area contributed by atoms with E-state index in [0.717, 1.165) is 36.4 Å². The second-order valence-corrected chi connectivity index (χ2v) is 8.49. The van der Waals surface area contributed by atoms with Gasteiger partial charge < -0.3 is 4.74 Å². The third-order valence-electron chi connectivity index (χ3n) is 5.77. The van der Waals surface area contributed by atoms with Crippen LogP contribution >= 0.6 is 0 Å². The first-order valence-corrected chi connectivity index (χ1v) is 11.9. The van der Waals surface area contributed by atoms with Crippen LogP contribution in [-0.2, 0) is 0 Å². The minimum Gasteiger partial charge on any atom is -0.482 e. The number of aryl methyl sites for hydroxylation is 1. The summed E-state index contributed by atoms with van der Waals surface area (Å²) >= 11 is 0. The standard InChI is InChI=1S/C24H35N5O3/c1-3-4-5-6-7-8-9-10-11-12-13-22(24-26-25-23-18-19(2)27-28(23)24)32-21-16-14-20(15-17-21)29(30)31/h14-18,22,25H,3-13H2,1-2H3. The molecule has 32 heavy (non-hydrogen) atoms. The molecule has 0 aliphatic rings. The molecular weight excluding hydrogens is 406 g/mol. The van der Waals surface area contributed by atoms with Crippen molar-refractivity contribution in [3.8, 4) is 5.75 Å². The topological polar surface area (TPSA) is 98.4 Å². The minimum atomic E-state index is -0.408. The van der Waals surface area contributed by atoms with Crippen LogP contribution in [0.2, 0.25) is 0 Å². The lowest BCUT2D eigenvalue weighted by atomic mass is 10.0. The largest absolute Gasteiger partial charge is 0.482 e. The van der Waals surface area contributed by atoms with Crippen molar-refractivity contribution in [2.45, 2.75) is 90.6 Å². The fourth-order valence-electron chi connectivity index (χ4n) is 3.99. The SMILES string of the molecule is CCCCCCCCCCCCC(Oc1ccc([N+](=O)[O-])cc1)c1n[nH]c2cc(C)nn12. The summed E-state index contributed by atoms with van der Waals surface area (Å²) in [5, 5.41) is 22.9. The Morgan fingerprint density at radius 2 is 1.66 bits per heavy atom. The molecular formula is C24H35N5O3. The molecule has 174 valence electrons. The van der Waals surface area contributed by atoms with E-state index in [-0.39, 0.29) is 11.8 Å². The van der Waals surface area contributed by atoms with Crippen molar-refractivity contribution in [3.63, 3.8) is 0 Å². The molecule has 0 saturated carbocycles. The number of nitro benzene ring substituents is 1. The molecule has 0 saturated heterocycles. The van der Waals surface area contributed by atoms with Gasteiger partial charge in [-0.3, -0.25) is 15.2 Å². The van der Waals surface area contributed by atoms with Crippen LogP contribution in [0.5, 0.6) is 5.75 Å². The highest BCUT2D eigenvalue weighted by Crippen LogP contribution is 2.28. The Balaban J connectivity index is 1.55. The van der Waals surface area contributed by atoms with E-state index in [9.17, 15) is 10.1 Å². The number of aromatic nitrogens is 4. The summed E-state index contributed by atoms with van der Waals surface area (Å²) in [6, 6.07) is 8.15. The number of nitrogens with zero attached hydrogens (tertiary/aromatic N) is 4. The molecule has 1 atom stereocenters. The molecule has 0 amide bonds. The van der Waals surface area contributed by atoms with Crippen molar-refractivity contribution in [1.82, 2.24) is 19.8 Å². The first-order valence-electron chi connectivity index (χ1n) is 11.9. The highest BCUT2D eigenvalue weighted by molar-refractivity contribution is 5.39. The second-order valence-electron chi connectivity index (χ2n) is 8.49. The Morgan fingerprint density at radius 3 is 2.28 bits per heavy atom. The highest BCUT2D eigenvalue weighted by Gasteiger charge is 2.21. The van der Waals surface area contributed by atoms with Crippen LogP contribution in [0.3, 0.4) is 0 Å². The van der Waals surface area contributed by atoms with Crippen LogP contribution in [0.25, 0.3) is 5.65 Å². The summed E-state index contributed by atoms with van der Waals surface area (Å²) in [5.74, 6) is 1.31. The number of rotatable bonds is 15. The zero-order valence-electron chi connectivity index (χ0n) is 19.3. The summed E-state index contributed by atoms with van der Waals surface area (Å²) < 4.78 is 8.02. The monoisotopic (exact) mass is 441 g/mol. The van der Waals surface area contributed by atoms with Crippen LogP contribution in [-0.4, -0.2) is 24.7 Å². The summed E-state index contributed by atoms with van der Waals surface area (Å²) in [5.41, 5.74) is 1.79. The normalized spacial score (nSPS) is 12.3. The van der Waals surface area contributed by atoms with Gasteiger partial charge in [0, 0.05) is 18.2 Å². The van der Waals surface area contributed by atoms with Gasteiger partial charge in [0.25, 0.3) is 5.69 Å². The van der Waals surface area contributed by atoms with Crippen molar-refractivity contribution in [3.05, 3.63) is 52.0 Å². The van der Waals surface area contributed by atoms with E-state index >= 15 is 0 Å². The molecule has 2 aromatic heterocycles. The zero-order chi connectivity index (χ0) is 22.8. The average molecular weight is 442 g/mol. The van der Waals surface area contributed by atoms with Crippen molar-refractivity contribution in [2.24, 2.45) is 0 Å². The third-order valence-corrected chi connectivity index (χ3v) is 5.77. The average Bonchev–Trinajstić information content (AvgIpc) is 3.33. The number of H-pyrrole nitrogens is 1. The van der Waals surface area contributed by atoms with Gasteiger partial charge in [-0.1, -0.05) is 64.7 Å². The van der Waals surface area contributed by atoms with E-state index in [1.165, 1.54) is 63.5 Å². The lowest BCUT2D eigenvalue weighted by molar-refractivity contribution is -0.384. The van der Waals surface area contributed by atoms with Gasteiger partial charge in [-0.2, -0.15) is 14.7 Å². The Kier molecular flexibility index (Phi) is 9.07. The summed E-state index contributed by atoms with van der Waals surface area (Å²) in [6.45, 7) is 4.19. The first-order chi connectivity index (χ1) is 15.6. The number of non-ortho nitro benzene ring substituents is 1. The number of hydrogen-bond acceptors (Lipinski definition) is 5. The number of fused-ring (bicyclic) bond motifs is 1. The van der Waals surface area contributed by atoms with Gasteiger partial charge in [0.1, 0.15) is 5.75 Å². The summed E-state index contributed by atoms with van der Waals surface area (Å²) in [7, 11) is 0. The van der Waals surface area contributed by atoms with Crippen LogP contribution in [0.15, 0.2) is 30.3 Å². The molecule has 3 rings (SSSR count). The van der Waals surface area contributed by atoms with Gasteiger partial charge in [-0.15, -0.1) is 0 Å². The lowest BCUT2D eigenvalue weighted by Crippen LogP contribution is -2.12. The van der Waals surface area contributed by atoms with Crippen molar-refractivity contribution < 1.29 is 9.66 Å². The number of nitro groups is 1. The number of ether oxygens (including phenoxy) is 1. The fraction of sp³-hybridized carbons (Fsp3) is 0.583. The maximum Gasteiger partial charge on any atom is 0.269 e. The zero-order valence-corrected chi connectivity index (χ0v) is 19.3. The molecule has 8 nitrogen and oxygen atoms in total. The maximum atomic E-state index is 10.9. The fourth-order valence-corrected chi connectivity index (χ4v) is 3.99. The number of benzene rings is 1. The van der Waals surface area contributed by atoms with Crippen LogP contribution < -0.4 is 4.74 Å². The molecule has 3 aromatic rings. The smallest absolute Gasteiger partial charge is 0.269 e. The summed E-state index contributed by atoms with van der Waals surface area (Å²) in [4.78, 5) is 10.5. The first kappa shape index (κ1) is 23.8. The van der Waals surface area contributed by atoms with E-state index in [1.54, 1.807) is 16.6 Å². The Hall–Kier alpha value is -2.90. The Bertz CT molecular complexity index is 964. The molecule has 0 aliphatic carbocycles. The molecule has 0 fully saturated rings.